The highest BCUT2D eigenvalue weighted by Crippen LogP contribution is 2.30. The number of aliphatic carboxylic acids is 1. The number of hydrogen-bond acceptors (Lipinski definition) is 3. The SMILES string of the molecule is O=C(O)CN(CC1CC1)C(=O)c1cccc(F)n1. The second kappa shape index (κ2) is 5.12. The van der Waals surface area contributed by atoms with Gasteiger partial charge in [-0.05, 0) is 30.9 Å². The van der Waals surface area contributed by atoms with Gasteiger partial charge in [-0.15, -0.1) is 0 Å². The zero-order valence-corrected chi connectivity index (χ0v) is 9.67. The molecule has 0 spiro atoms. The smallest absolute Gasteiger partial charge is 0.323 e. The summed E-state index contributed by atoms with van der Waals surface area (Å²) in [6, 6.07) is 3.90. The van der Waals surface area contributed by atoms with Gasteiger partial charge in [0.15, 0.2) is 0 Å². The Hall–Kier alpha value is -1.98. The molecule has 1 amide bonds. The van der Waals surface area contributed by atoms with Crippen molar-refractivity contribution in [3.05, 3.63) is 29.8 Å². The molecule has 1 aromatic rings. The molecule has 0 saturated heterocycles. The molecule has 5 nitrogen and oxygen atoms in total. The van der Waals surface area contributed by atoms with Crippen molar-refractivity contribution in [1.82, 2.24) is 9.88 Å². The molecule has 0 aliphatic heterocycles. The van der Waals surface area contributed by atoms with Crippen LogP contribution in [0.4, 0.5) is 4.39 Å². The van der Waals surface area contributed by atoms with Crippen molar-refractivity contribution < 1.29 is 19.1 Å². The third-order valence-electron chi connectivity index (χ3n) is 2.72. The van der Waals surface area contributed by atoms with Gasteiger partial charge in [0.1, 0.15) is 12.2 Å². The van der Waals surface area contributed by atoms with E-state index < -0.39 is 17.8 Å². The minimum Gasteiger partial charge on any atom is -0.480 e. The highest BCUT2D eigenvalue weighted by Gasteiger charge is 2.29. The number of pyridine rings is 1. The zero-order chi connectivity index (χ0) is 13.1. The fraction of sp³-hybridized carbons (Fsp3) is 0.417. The minimum absolute atomic E-state index is 0.0584. The van der Waals surface area contributed by atoms with E-state index in [1.165, 1.54) is 17.0 Å². The summed E-state index contributed by atoms with van der Waals surface area (Å²) in [6.07, 6.45) is 2.00. The van der Waals surface area contributed by atoms with Crippen molar-refractivity contribution in [2.45, 2.75) is 12.8 Å². The predicted octanol–water partition coefficient (Wildman–Crippen LogP) is 1.16. The molecule has 1 aromatic heterocycles. The Labute approximate surface area is 103 Å². The van der Waals surface area contributed by atoms with Gasteiger partial charge in [-0.25, -0.2) is 4.98 Å². The number of hydrogen-bond donors (Lipinski definition) is 1. The molecule has 96 valence electrons. The van der Waals surface area contributed by atoms with Gasteiger partial charge in [0, 0.05) is 6.54 Å². The molecule has 6 heteroatoms. The highest BCUT2D eigenvalue weighted by molar-refractivity contribution is 5.94. The van der Waals surface area contributed by atoms with E-state index in [1.54, 1.807) is 0 Å². The van der Waals surface area contributed by atoms with Crippen LogP contribution in [0.5, 0.6) is 0 Å². The van der Waals surface area contributed by atoms with Gasteiger partial charge in [0.2, 0.25) is 5.95 Å². The summed E-state index contributed by atoms with van der Waals surface area (Å²) < 4.78 is 12.9. The molecule has 0 radical (unpaired) electrons. The first-order valence-corrected chi connectivity index (χ1v) is 5.70. The Morgan fingerprint density at radius 3 is 2.72 bits per heavy atom. The van der Waals surface area contributed by atoms with Crippen molar-refractivity contribution in [2.24, 2.45) is 5.92 Å². The number of carbonyl (C=O) groups is 2. The van der Waals surface area contributed by atoms with Crippen LogP contribution >= 0.6 is 0 Å². The van der Waals surface area contributed by atoms with Gasteiger partial charge in [-0.2, -0.15) is 4.39 Å². The van der Waals surface area contributed by atoms with Crippen LogP contribution in [0.1, 0.15) is 23.3 Å². The molecule has 1 heterocycles. The van der Waals surface area contributed by atoms with Crippen molar-refractivity contribution in [3.63, 3.8) is 0 Å². The molecule has 1 aliphatic carbocycles. The largest absolute Gasteiger partial charge is 0.480 e. The topological polar surface area (TPSA) is 70.5 Å². The van der Waals surface area contributed by atoms with E-state index in [-0.39, 0.29) is 12.2 Å². The Morgan fingerprint density at radius 1 is 1.44 bits per heavy atom. The van der Waals surface area contributed by atoms with Gasteiger partial charge in [0.25, 0.3) is 5.91 Å². The number of carboxylic acid groups (broad SMARTS) is 1. The van der Waals surface area contributed by atoms with Crippen LogP contribution < -0.4 is 0 Å². The second-order valence-electron chi connectivity index (χ2n) is 4.37. The Bertz CT molecular complexity index is 474. The third-order valence-corrected chi connectivity index (χ3v) is 2.72. The summed E-state index contributed by atoms with van der Waals surface area (Å²) in [4.78, 5) is 27.4. The van der Waals surface area contributed by atoms with Crippen LogP contribution in [0, 0.1) is 11.9 Å². The van der Waals surface area contributed by atoms with E-state index in [9.17, 15) is 14.0 Å². The number of carbonyl (C=O) groups excluding carboxylic acids is 1. The summed E-state index contributed by atoms with van der Waals surface area (Å²) in [5, 5.41) is 8.78. The average molecular weight is 252 g/mol. The number of rotatable bonds is 5. The van der Waals surface area contributed by atoms with Crippen LogP contribution in [0.2, 0.25) is 0 Å². The number of aromatic nitrogens is 1. The van der Waals surface area contributed by atoms with E-state index in [1.807, 2.05) is 0 Å². The van der Waals surface area contributed by atoms with Gasteiger partial charge in [0.05, 0.1) is 0 Å². The fourth-order valence-electron chi connectivity index (χ4n) is 1.68. The van der Waals surface area contributed by atoms with Gasteiger partial charge in [-0.1, -0.05) is 6.07 Å². The molecular formula is C12H13FN2O3. The monoisotopic (exact) mass is 252 g/mol. The van der Waals surface area contributed by atoms with Gasteiger partial charge >= 0.3 is 5.97 Å². The number of carboxylic acids is 1. The molecule has 0 unspecified atom stereocenters. The van der Waals surface area contributed by atoms with E-state index in [0.29, 0.717) is 12.5 Å². The van der Waals surface area contributed by atoms with Crippen molar-refractivity contribution in [2.75, 3.05) is 13.1 Å². The molecule has 18 heavy (non-hydrogen) atoms. The first-order valence-electron chi connectivity index (χ1n) is 5.70. The first kappa shape index (κ1) is 12.5. The molecular weight excluding hydrogens is 239 g/mol. The summed E-state index contributed by atoms with van der Waals surface area (Å²) in [6.45, 7) is 0.0108. The van der Waals surface area contributed by atoms with Crippen LogP contribution in [-0.2, 0) is 4.79 Å². The molecule has 0 bridgehead atoms. The summed E-state index contributed by atoms with van der Waals surface area (Å²) in [7, 11) is 0. The molecule has 1 fully saturated rings. The van der Waals surface area contributed by atoms with E-state index in [0.717, 1.165) is 18.9 Å². The van der Waals surface area contributed by atoms with E-state index in [4.69, 9.17) is 5.11 Å². The summed E-state index contributed by atoms with van der Waals surface area (Å²) >= 11 is 0. The quantitative estimate of drug-likeness (QED) is 0.798. The zero-order valence-electron chi connectivity index (χ0n) is 9.67. The maximum Gasteiger partial charge on any atom is 0.323 e. The standard InChI is InChI=1S/C12H13FN2O3/c13-10-3-1-2-9(14-10)12(18)15(7-11(16)17)6-8-4-5-8/h1-3,8H,4-7H2,(H,16,17). The molecule has 1 saturated carbocycles. The summed E-state index contributed by atoms with van der Waals surface area (Å²) in [5.41, 5.74) is -0.0584. The molecule has 1 N–H and O–H groups in total. The van der Waals surface area contributed by atoms with Crippen LogP contribution in [0.3, 0.4) is 0 Å². The molecule has 0 atom stereocenters. The maximum absolute atomic E-state index is 12.9. The van der Waals surface area contributed by atoms with Crippen molar-refractivity contribution >= 4 is 11.9 Å². The van der Waals surface area contributed by atoms with Gasteiger partial charge < -0.3 is 10.0 Å². The lowest BCUT2D eigenvalue weighted by atomic mass is 10.3. The Morgan fingerprint density at radius 2 is 2.17 bits per heavy atom. The maximum atomic E-state index is 12.9. The highest BCUT2D eigenvalue weighted by atomic mass is 19.1. The normalized spacial score (nSPS) is 14.3. The number of nitrogens with zero attached hydrogens (tertiary/aromatic N) is 2. The second-order valence-corrected chi connectivity index (χ2v) is 4.37. The van der Waals surface area contributed by atoms with Crippen molar-refractivity contribution in [1.29, 1.82) is 0 Å². The van der Waals surface area contributed by atoms with Gasteiger partial charge in [-0.3, -0.25) is 9.59 Å². The number of amides is 1. The average Bonchev–Trinajstić information content (AvgIpc) is 3.10. The summed E-state index contributed by atoms with van der Waals surface area (Å²) in [5.74, 6) is -2.01. The lowest BCUT2D eigenvalue weighted by Crippen LogP contribution is -2.37. The van der Waals surface area contributed by atoms with Crippen molar-refractivity contribution in [3.8, 4) is 0 Å². The third kappa shape index (κ3) is 3.26. The minimum atomic E-state index is -1.08. The Kier molecular flexibility index (Phi) is 3.55. The van der Waals surface area contributed by atoms with Crippen LogP contribution in [-0.4, -0.2) is 40.0 Å². The predicted molar refractivity (Wildman–Crippen MR) is 60.5 cm³/mol. The van der Waals surface area contributed by atoms with Crippen LogP contribution in [0.15, 0.2) is 18.2 Å². The lowest BCUT2D eigenvalue weighted by Gasteiger charge is -2.19. The first-order chi connectivity index (χ1) is 8.56. The molecule has 1 aliphatic rings. The molecule has 2 rings (SSSR count). The molecule has 0 aromatic carbocycles. The van der Waals surface area contributed by atoms with Crippen LogP contribution in [0.25, 0.3) is 0 Å². The van der Waals surface area contributed by atoms with E-state index in [2.05, 4.69) is 4.98 Å². The fourth-order valence-corrected chi connectivity index (χ4v) is 1.68. The number of halogens is 1. The Balaban J connectivity index is 2.12. The lowest BCUT2D eigenvalue weighted by molar-refractivity contribution is -0.137. The van der Waals surface area contributed by atoms with E-state index >= 15 is 0 Å².